The lowest BCUT2D eigenvalue weighted by molar-refractivity contribution is -0.114. The number of carbonyl (C=O) groups is 1. The first kappa shape index (κ1) is 12.5. The Morgan fingerprint density at radius 1 is 0.947 bits per heavy atom. The summed E-state index contributed by atoms with van der Waals surface area (Å²) in [6.45, 7) is 0.803. The third-order valence-corrected chi connectivity index (χ3v) is 4.46. The van der Waals surface area contributed by atoms with E-state index < -0.39 is 0 Å². The van der Waals surface area contributed by atoms with Crippen LogP contribution in [0.4, 0.5) is 0 Å². The smallest absolute Gasteiger partial charge is 0.189 e. The minimum Gasteiger partial charge on any atom is -0.372 e. The molecule has 2 nitrogen and oxygen atoms in total. The van der Waals surface area contributed by atoms with Crippen molar-refractivity contribution < 1.29 is 9.53 Å². The molecule has 0 bridgehead atoms. The molecule has 0 aromatic carbocycles. The van der Waals surface area contributed by atoms with Gasteiger partial charge in [-0.15, -0.1) is 22.7 Å². The highest BCUT2D eigenvalue weighted by Gasteiger charge is 2.21. The number of carbonyl (C=O) groups excluding carboxylic acids is 1. The summed E-state index contributed by atoms with van der Waals surface area (Å²) in [5.41, 5.74) is 1.47. The largest absolute Gasteiger partial charge is 0.372 e. The van der Waals surface area contributed by atoms with E-state index in [1.807, 2.05) is 47.2 Å². The second-order valence-corrected chi connectivity index (χ2v) is 6.15. The van der Waals surface area contributed by atoms with Gasteiger partial charge in [-0.2, -0.15) is 0 Å². The number of hydrogen-bond acceptors (Lipinski definition) is 4. The monoisotopic (exact) mass is 288 g/mol. The number of ether oxygens (including phenoxy) is 1. The van der Waals surface area contributed by atoms with Gasteiger partial charge in [-0.3, -0.25) is 4.79 Å². The molecule has 1 fully saturated rings. The van der Waals surface area contributed by atoms with E-state index in [-0.39, 0.29) is 5.78 Å². The maximum atomic E-state index is 12.4. The molecule has 0 unspecified atom stereocenters. The molecule has 3 rings (SSSR count). The van der Waals surface area contributed by atoms with Crippen LogP contribution >= 0.6 is 22.7 Å². The van der Waals surface area contributed by atoms with Gasteiger partial charge in [0.05, 0.1) is 13.2 Å². The van der Waals surface area contributed by atoms with E-state index in [1.54, 1.807) is 22.7 Å². The number of ketones is 1. The first-order chi connectivity index (χ1) is 9.33. The van der Waals surface area contributed by atoms with Crippen molar-refractivity contribution in [2.24, 2.45) is 0 Å². The highest BCUT2D eigenvalue weighted by molar-refractivity contribution is 7.11. The molecule has 1 saturated heterocycles. The lowest BCUT2D eigenvalue weighted by Gasteiger charge is -2.16. The van der Waals surface area contributed by atoms with Crippen LogP contribution in [0.5, 0.6) is 0 Å². The molecule has 0 atom stereocenters. The molecule has 0 N–H and O–H groups in total. The van der Waals surface area contributed by atoms with Crippen molar-refractivity contribution in [3.8, 4) is 0 Å². The van der Waals surface area contributed by atoms with Crippen LogP contribution < -0.4 is 0 Å². The topological polar surface area (TPSA) is 26.3 Å². The third kappa shape index (κ3) is 2.92. The van der Waals surface area contributed by atoms with E-state index in [0.29, 0.717) is 13.2 Å². The molecular formula is C15H12O2S2. The van der Waals surface area contributed by atoms with E-state index in [1.165, 1.54) is 0 Å². The highest BCUT2D eigenvalue weighted by Crippen LogP contribution is 2.22. The maximum absolute atomic E-state index is 12.4. The quantitative estimate of drug-likeness (QED) is 0.784. The summed E-state index contributed by atoms with van der Waals surface area (Å²) in [5, 5.41) is 4.01. The SMILES string of the molecule is O=C1/C(=C\c2cccs2)COC/C1=C\c1cccs1. The standard InChI is InChI=1S/C15H12O2S2/c16-15-11(7-13-3-1-5-18-13)9-17-10-12(15)8-14-4-2-6-19-14/h1-8H,9-10H2/b11-7-,12-8+. The van der Waals surface area contributed by atoms with Crippen molar-refractivity contribution in [2.45, 2.75) is 0 Å². The normalized spacial score (nSPS) is 20.3. The van der Waals surface area contributed by atoms with Gasteiger partial charge in [0, 0.05) is 20.9 Å². The van der Waals surface area contributed by atoms with Gasteiger partial charge in [0.2, 0.25) is 0 Å². The summed E-state index contributed by atoms with van der Waals surface area (Å²) in [6, 6.07) is 7.96. The van der Waals surface area contributed by atoms with E-state index in [4.69, 9.17) is 4.74 Å². The zero-order valence-electron chi connectivity index (χ0n) is 10.2. The Balaban J connectivity index is 1.87. The van der Waals surface area contributed by atoms with Crippen LogP contribution in [0, 0.1) is 0 Å². The number of Topliss-reactive ketones (excluding diaryl/α,β-unsaturated/α-hetero) is 1. The van der Waals surface area contributed by atoms with Crippen LogP contribution in [-0.4, -0.2) is 19.0 Å². The van der Waals surface area contributed by atoms with Gasteiger partial charge >= 0.3 is 0 Å². The van der Waals surface area contributed by atoms with Crippen LogP contribution in [0.15, 0.2) is 46.2 Å². The van der Waals surface area contributed by atoms with E-state index >= 15 is 0 Å². The maximum Gasteiger partial charge on any atom is 0.189 e. The fourth-order valence-corrected chi connectivity index (χ4v) is 3.28. The molecule has 0 radical (unpaired) electrons. The first-order valence-corrected chi connectivity index (χ1v) is 7.69. The molecular weight excluding hydrogens is 276 g/mol. The van der Waals surface area contributed by atoms with Gasteiger partial charge in [0.25, 0.3) is 0 Å². The molecule has 4 heteroatoms. The molecule has 2 aromatic rings. The molecule has 1 aliphatic heterocycles. The fraction of sp³-hybridized carbons (Fsp3) is 0.133. The molecule has 1 aliphatic rings. The molecule has 19 heavy (non-hydrogen) atoms. The van der Waals surface area contributed by atoms with Crippen molar-refractivity contribution in [3.63, 3.8) is 0 Å². The lowest BCUT2D eigenvalue weighted by atomic mass is 10.0. The summed E-state index contributed by atoms with van der Waals surface area (Å²) in [5.74, 6) is 0.105. The van der Waals surface area contributed by atoms with Gasteiger partial charge in [0.15, 0.2) is 5.78 Å². The van der Waals surface area contributed by atoms with E-state index in [2.05, 4.69) is 0 Å². The zero-order valence-corrected chi connectivity index (χ0v) is 11.8. The Labute approximate surface area is 119 Å². The van der Waals surface area contributed by atoms with Crippen molar-refractivity contribution >= 4 is 40.6 Å². The summed E-state index contributed by atoms with van der Waals surface area (Å²) in [6.07, 6.45) is 3.85. The summed E-state index contributed by atoms with van der Waals surface area (Å²) < 4.78 is 5.51. The summed E-state index contributed by atoms with van der Waals surface area (Å²) >= 11 is 3.25. The van der Waals surface area contributed by atoms with Crippen molar-refractivity contribution in [1.82, 2.24) is 0 Å². The second-order valence-electron chi connectivity index (χ2n) is 4.19. The Morgan fingerprint density at radius 3 is 1.89 bits per heavy atom. The predicted octanol–water partition coefficient (Wildman–Crippen LogP) is 3.88. The second kappa shape index (κ2) is 5.65. The first-order valence-electron chi connectivity index (χ1n) is 5.93. The molecule has 3 heterocycles. The van der Waals surface area contributed by atoms with Crippen molar-refractivity contribution in [1.29, 1.82) is 0 Å². The molecule has 96 valence electrons. The van der Waals surface area contributed by atoms with Gasteiger partial charge in [-0.05, 0) is 35.0 Å². The molecule has 0 saturated carbocycles. The summed E-state index contributed by atoms with van der Waals surface area (Å²) in [4.78, 5) is 14.5. The average molecular weight is 288 g/mol. The molecule has 0 aliphatic carbocycles. The molecule has 0 amide bonds. The lowest BCUT2D eigenvalue weighted by Crippen LogP contribution is -2.21. The van der Waals surface area contributed by atoms with E-state index in [0.717, 1.165) is 20.9 Å². The Kier molecular flexibility index (Phi) is 3.73. The van der Waals surface area contributed by atoms with Crippen LogP contribution in [0.3, 0.4) is 0 Å². The molecule has 2 aromatic heterocycles. The number of hydrogen-bond donors (Lipinski definition) is 0. The van der Waals surface area contributed by atoms with Crippen LogP contribution in [0.2, 0.25) is 0 Å². The molecule has 0 spiro atoms. The summed E-state index contributed by atoms with van der Waals surface area (Å²) in [7, 11) is 0. The van der Waals surface area contributed by atoms with Gasteiger partial charge in [0.1, 0.15) is 0 Å². The van der Waals surface area contributed by atoms with Crippen LogP contribution in [-0.2, 0) is 9.53 Å². The Morgan fingerprint density at radius 2 is 1.47 bits per heavy atom. The predicted molar refractivity (Wildman–Crippen MR) is 80.4 cm³/mol. The number of thiophene rings is 2. The van der Waals surface area contributed by atoms with Crippen LogP contribution in [0.1, 0.15) is 9.75 Å². The highest BCUT2D eigenvalue weighted by atomic mass is 32.1. The van der Waals surface area contributed by atoms with Gasteiger partial charge in [-0.25, -0.2) is 0 Å². The fourth-order valence-electron chi connectivity index (χ4n) is 1.91. The third-order valence-electron chi connectivity index (χ3n) is 2.82. The van der Waals surface area contributed by atoms with Crippen molar-refractivity contribution in [3.05, 3.63) is 55.9 Å². The Hall–Kier alpha value is -1.49. The van der Waals surface area contributed by atoms with Gasteiger partial charge < -0.3 is 4.74 Å². The minimum atomic E-state index is 0.105. The number of rotatable bonds is 2. The average Bonchev–Trinajstić information content (AvgIpc) is 3.07. The Bertz CT molecular complexity index is 565. The van der Waals surface area contributed by atoms with Crippen LogP contribution in [0.25, 0.3) is 12.2 Å². The minimum absolute atomic E-state index is 0.105. The zero-order chi connectivity index (χ0) is 13.1. The van der Waals surface area contributed by atoms with Gasteiger partial charge in [-0.1, -0.05) is 12.1 Å². The van der Waals surface area contributed by atoms with E-state index in [9.17, 15) is 4.79 Å². The van der Waals surface area contributed by atoms with Crippen molar-refractivity contribution in [2.75, 3.05) is 13.2 Å².